The van der Waals surface area contributed by atoms with Crippen LogP contribution in [0.4, 0.5) is 5.69 Å². The molecule has 0 aliphatic carbocycles. The monoisotopic (exact) mass is 1490 g/mol. The Labute approximate surface area is 600 Å². The fourth-order valence-corrected chi connectivity index (χ4v) is 12.2. The number of aliphatic hydroxyl groups excluding tert-OH is 15. The van der Waals surface area contributed by atoms with Gasteiger partial charge in [-0.1, -0.05) is 31.0 Å². The third-order valence-electron chi connectivity index (χ3n) is 18.3. The number of hydrogen-bond acceptors (Lipinski definition) is 32. The first-order valence-electron chi connectivity index (χ1n) is 34.8. The van der Waals surface area contributed by atoms with Gasteiger partial charge in [0.2, 0.25) is 11.8 Å². The number of carboxylic acids is 4. The summed E-state index contributed by atoms with van der Waals surface area (Å²) in [7, 11) is 1.74. The van der Waals surface area contributed by atoms with Gasteiger partial charge in [0.05, 0.1) is 87.7 Å². The number of para-hydroxylation sites is 2. The minimum atomic E-state index is -2.04. The van der Waals surface area contributed by atoms with E-state index < -0.39 is 206 Å². The van der Waals surface area contributed by atoms with E-state index in [-0.39, 0.29) is 84.8 Å². The van der Waals surface area contributed by atoms with Crippen LogP contribution in [0.25, 0.3) is 11.0 Å². The molecule has 0 radical (unpaired) electrons. The summed E-state index contributed by atoms with van der Waals surface area (Å²) >= 11 is 0. The van der Waals surface area contributed by atoms with Gasteiger partial charge in [-0.3, -0.25) is 74.1 Å². The second-order valence-electron chi connectivity index (χ2n) is 26.6. The van der Waals surface area contributed by atoms with Crippen LogP contribution in [0, 0.1) is 0 Å². The molecule has 16 atom stereocenters. The van der Waals surface area contributed by atoms with E-state index in [1.165, 1.54) is 9.80 Å². The van der Waals surface area contributed by atoms with Gasteiger partial charge in [-0.15, -0.1) is 0 Å². The molecule has 2 aromatic carbocycles. The van der Waals surface area contributed by atoms with E-state index in [1.54, 1.807) is 44.8 Å². The molecule has 1 fully saturated rings. The third-order valence-corrected chi connectivity index (χ3v) is 18.3. The minimum absolute atomic E-state index is 0.00638. The lowest BCUT2D eigenvalue weighted by atomic mass is 10.0. The number of fused-ring (bicyclic) bond motifs is 2. The van der Waals surface area contributed by atoms with Gasteiger partial charge >= 0.3 is 23.9 Å². The lowest BCUT2D eigenvalue weighted by molar-refractivity contribution is -0.140. The summed E-state index contributed by atoms with van der Waals surface area (Å²) in [5.74, 6) is -5.67. The SMILES string of the molecule is CN(Cc1nc2ccccc2[nH]1)[C@H](O)c1ccc2c(c1)CN(CCCCCCN[C@H](O)[C@H](CC[C@@H](O)NCC(O)C(O)C(O)C(O)CO)N[C@H](O)[C@H](CCC(=O)NC[C@H](O)C(O)[C@@H](O)[C@H](O)CO)NC(=O)CN1CCN(CC(=O)O)CCN(CC(=O)O)CCN(CC(=O)O)CC1)[C@H](O)C(CC(=O)O)N2. The highest BCUT2D eigenvalue weighted by Gasteiger charge is 2.36. The van der Waals surface area contributed by atoms with E-state index in [0.29, 0.717) is 54.9 Å². The van der Waals surface area contributed by atoms with Gasteiger partial charge in [0, 0.05) is 96.7 Å². The van der Waals surface area contributed by atoms with Gasteiger partial charge in [0.25, 0.3) is 0 Å². The number of benzene rings is 2. The van der Waals surface area contributed by atoms with Crippen LogP contribution >= 0.6 is 0 Å². The maximum atomic E-state index is 14.3. The van der Waals surface area contributed by atoms with Crippen LogP contribution in [0.1, 0.15) is 81.0 Å². The topological polar surface area (TPSA) is 607 Å². The molecule has 0 spiro atoms. The number of amides is 2. The number of rotatable bonds is 46. The Kier molecular flexibility index (Phi) is 38.4. The van der Waals surface area contributed by atoms with Gasteiger partial charge in [0.15, 0.2) is 0 Å². The van der Waals surface area contributed by atoms with Crippen molar-refractivity contribution in [2.24, 2.45) is 0 Å². The van der Waals surface area contributed by atoms with E-state index >= 15 is 0 Å². The van der Waals surface area contributed by atoms with Crippen molar-refractivity contribution in [3.63, 3.8) is 0 Å². The van der Waals surface area contributed by atoms with E-state index in [9.17, 15) is 126 Å². The zero-order valence-corrected chi connectivity index (χ0v) is 58.4. The zero-order valence-electron chi connectivity index (χ0n) is 58.4. The molecule has 6 unspecified atom stereocenters. The van der Waals surface area contributed by atoms with Crippen LogP contribution in [0.3, 0.4) is 0 Å². The van der Waals surface area contributed by atoms with Crippen molar-refractivity contribution in [3.8, 4) is 0 Å². The number of nitrogens with zero attached hydrogens (tertiary/aromatic N) is 7. The highest BCUT2D eigenvalue weighted by molar-refractivity contribution is 5.79. The van der Waals surface area contributed by atoms with Crippen LogP contribution in [0.5, 0.6) is 0 Å². The molecule has 39 nitrogen and oxygen atoms in total. The number of aliphatic carboxylic acids is 4. The van der Waals surface area contributed by atoms with E-state index in [2.05, 4.69) is 41.9 Å². The Morgan fingerprint density at radius 1 is 0.596 bits per heavy atom. The molecule has 0 bridgehead atoms. The largest absolute Gasteiger partial charge is 0.481 e. The third kappa shape index (κ3) is 30.4. The fraction of sp³-hybridized carbons (Fsp3) is 0.708. The van der Waals surface area contributed by atoms with E-state index in [4.69, 9.17) is 0 Å². The molecule has 2 aliphatic rings. The van der Waals surface area contributed by atoms with Crippen LogP contribution < -0.4 is 31.9 Å². The van der Waals surface area contributed by atoms with Gasteiger partial charge in [-0.2, -0.15) is 0 Å². The van der Waals surface area contributed by atoms with Crippen molar-refractivity contribution in [2.75, 3.05) is 130 Å². The number of aromatic amines is 1. The maximum Gasteiger partial charge on any atom is 0.317 e. The smallest absolute Gasteiger partial charge is 0.317 e. The second kappa shape index (κ2) is 45.3. The number of hydrogen-bond donors (Lipinski definition) is 26. The molecule has 26 N–H and O–H groups in total. The Balaban J connectivity index is 1.32. The Morgan fingerprint density at radius 2 is 1.13 bits per heavy atom. The minimum Gasteiger partial charge on any atom is -0.481 e. The fourth-order valence-electron chi connectivity index (χ4n) is 12.2. The predicted octanol–water partition coefficient (Wildman–Crippen LogP) is -8.76. The lowest BCUT2D eigenvalue weighted by Crippen LogP contribution is -2.59. The Hall–Kier alpha value is -6.43. The molecule has 2 amide bonds. The number of aromatic nitrogens is 2. The number of imidazole rings is 1. The first-order chi connectivity index (χ1) is 49.3. The summed E-state index contributed by atoms with van der Waals surface area (Å²) in [6.07, 6.45) is -22.5. The van der Waals surface area contributed by atoms with Crippen LogP contribution in [0.15, 0.2) is 42.5 Å². The molecule has 3 aromatic rings. The molecule has 0 saturated carbocycles. The summed E-state index contributed by atoms with van der Waals surface area (Å²) in [4.78, 5) is 93.0. The number of anilines is 1. The van der Waals surface area contributed by atoms with E-state index in [0.717, 1.165) is 11.0 Å². The number of aliphatic hydroxyl groups is 15. The van der Waals surface area contributed by atoms with Crippen molar-refractivity contribution >= 4 is 52.4 Å². The van der Waals surface area contributed by atoms with Gasteiger partial charge < -0.3 is 118 Å². The normalized spacial score (nSPS) is 20.7. The quantitative estimate of drug-likeness (QED) is 0.0184. The highest BCUT2D eigenvalue weighted by Crippen LogP contribution is 2.31. The Morgan fingerprint density at radius 3 is 1.68 bits per heavy atom. The lowest BCUT2D eigenvalue weighted by Gasteiger charge is -2.34. The molecule has 3 heterocycles. The molecule has 5 rings (SSSR count). The number of carboxylic acid groups (broad SMARTS) is 4. The Bertz CT molecular complexity index is 3020. The predicted molar refractivity (Wildman–Crippen MR) is 369 cm³/mol. The number of carbonyl (C=O) groups is 6. The summed E-state index contributed by atoms with van der Waals surface area (Å²) in [5, 5.41) is 214. The van der Waals surface area contributed by atoms with Crippen LogP contribution in [-0.2, 0) is 41.9 Å². The van der Waals surface area contributed by atoms with E-state index in [1.807, 2.05) is 24.3 Å². The molecule has 104 heavy (non-hydrogen) atoms. The average molecular weight is 1490 g/mol. The summed E-state index contributed by atoms with van der Waals surface area (Å²) < 4.78 is 0. The first-order valence-corrected chi connectivity index (χ1v) is 34.8. The van der Waals surface area contributed by atoms with Crippen molar-refractivity contribution in [2.45, 2.75) is 169 Å². The molecule has 39 heteroatoms. The summed E-state index contributed by atoms with van der Waals surface area (Å²) in [6, 6.07) is 9.16. The summed E-state index contributed by atoms with van der Waals surface area (Å²) in [5.41, 5.74) is 3.45. The number of nitrogens with one attached hydrogen (secondary N) is 7. The number of unbranched alkanes of at least 4 members (excludes halogenated alkanes) is 3. The molecule has 1 aromatic heterocycles. The molecule has 2 aliphatic heterocycles. The van der Waals surface area contributed by atoms with Crippen molar-refractivity contribution in [3.05, 3.63) is 59.4 Å². The average Bonchev–Trinajstić information content (AvgIpc) is 1.62. The number of carbonyl (C=O) groups excluding carboxylic acids is 2. The maximum absolute atomic E-state index is 14.3. The van der Waals surface area contributed by atoms with Gasteiger partial charge in [0.1, 0.15) is 73.6 Å². The molecule has 590 valence electrons. The van der Waals surface area contributed by atoms with Crippen molar-refractivity contribution < 1.29 is 126 Å². The summed E-state index contributed by atoms with van der Waals surface area (Å²) in [6.45, 7) is -3.70. The molecular weight excluding hydrogens is 1380 g/mol. The standard InChI is InChI=1S/C65H110N14O25/c1-74(31-50-70-41-8-4-5-9-42(41)71-50)64(103)38-10-11-40-39(26-38)30-79(65(104)45(69-40)27-54(89)90)17-7-3-2-6-16-66-62(101)43(12-14-51(86)67-28-46(82)58(97)60(99)48(84)36-80)73-63(102)44(13-15-52(87)68-29-47(83)59(98)61(100)49(85)37-81)72-53(88)32-75-18-20-76(33-55(91)92)22-24-78(35-57(95)96)25-23-77(21-19-75)34-56(93)94/h4-5,8-11,26,43-49,51,58-67,69,73,80-86,97-104H,2-3,6-7,12-25,27-37H2,1H3,(H,68,87)(H,70,71)(H,72,88)(H,89,90)(H,91,92)(H,93,94)(H,95,96)/t43-,44-,45?,46?,47-,48?,49+,51+,58?,59?,60?,61-,62+,63+,64+,65+/m0/s1. The first kappa shape index (κ1) is 88.2. The number of H-pyrrole nitrogens is 1. The zero-order chi connectivity index (χ0) is 76.7. The van der Waals surface area contributed by atoms with Crippen LogP contribution in [-0.4, -0.2) is 389 Å². The van der Waals surface area contributed by atoms with Gasteiger partial charge in [-0.25, -0.2) is 4.98 Å². The van der Waals surface area contributed by atoms with Gasteiger partial charge in [-0.05, 0) is 81.1 Å². The molecular formula is C65H110N14O25. The van der Waals surface area contributed by atoms with Crippen LogP contribution in [0.2, 0.25) is 0 Å². The van der Waals surface area contributed by atoms with Crippen molar-refractivity contribution in [1.29, 1.82) is 0 Å². The second-order valence-corrected chi connectivity index (χ2v) is 26.6. The highest BCUT2D eigenvalue weighted by atomic mass is 16.4. The molecule has 1 saturated heterocycles. The van der Waals surface area contributed by atoms with Crippen molar-refractivity contribution in [1.82, 2.24) is 66.0 Å².